The SMILES string of the molecule is C=C(CC/C=C\CC)COC1=CC=CC(C)=CC1. The normalized spacial score (nSPS) is 15.2. The predicted octanol–water partition coefficient (Wildman–Crippen LogP) is 5.10. The van der Waals surface area contributed by atoms with Crippen LogP contribution in [0.25, 0.3) is 0 Å². The Morgan fingerprint density at radius 3 is 3.06 bits per heavy atom. The molecular formula is C17H24O. The standard InChI is InChI=1S/C17H24O/c1-4-5-6-7-9-16(3)14-18-17-11-8-10-15(2)12-13-17/h5-6,8,10-12H,3-4,7,9,13-14H2,1-2H3/b6-5-. The van der Waals surface area contributed by atoms with Crippen LogP contribution in [0.3, 0.4) is 0 Å². The first-order chi connectivity index (χ1) is 8.72. The molecule has 18 heavy (non-hydrogen) atoms. The summed E-state index contributed by atoms with van der Waals surface area (Å²) in [7, 11) is 0. The van der Waals surface area contributed by atoms with Crippen molar-refractivity contribution in [3.05, 3.63) is 59.9 Å². The molecule has 0 amide bonds. The highest BCUT2D eigenvalue weighted by molar-refractivity contribution is 5.26. The van der Waals surface area contributed by atoms with Gasteiger partial charge >= 0.3 is 0 Å². The number of hydrogen-bond acceptors (Lipinski definition) is 1. The van der Waals surface area contributed by atoms with Crippen molar-refractivity contribution in [1.82, 2.24) is 0 Å². The first-order valence-corrected chi connectivity index (χ1v) is 6.70. The summed E-state index contributed by atoms with van der Waals surface area (Å²) in [5.74, 6) is 1.02. The highest BCUT2D eigenvalue weighted by Gasteiger charge is 2.00. The molecule has 1 heteroatoms. The monoisotopic (exact) mass is 244 g/mol. The zero-order valence-electron chi connectivity index (χ0n) is 11.6. The summed E-state index contributed by atoms with van der Waals surface area (Å²) < 4.78 is 5.77. The van der Waals surface area contributed by atoms with Gasteiger partial charge in [-0.15, -0.1) is 0 Å². The Morgan fingerprint density at radius 2 is 2.28 bits per heavy atom. The fraction of sp³-hybridized carbons (Fsp3) is 0.412. The van der Waals surface area contributed by atoms with Crippen molar-refractivity contribution in [2.45, 2.75) is 39.5 Å². The minimum Gasteiger partial charge on any atom is -0.493 e. The highest BCUT2D eigenvalue weighted by Crippen LogP contribution is 2.14. The van der Waals surface area contributed by atoms with Crippen LogP contribution >= 0.6 is 0 Å². The highest BCUT2D eigenvalue weighted by atomic mass is 16.5. The van der Waals surface area contributed by atoms with E-state index in [0.717, 1.165) is 37.0 Å². The lowest BCUT2D eigenvalue weighted by atomic mass is 10.1. The number of ether oxygens (including phenoxy) is 1. The minimum atomic E-state index is 0.631. The molecule has 0 heterocycles. The van der Waals surface area contributed by atoms with Crippen LogP contribution < -0.4 is 0 Å². The largest absolute Gasteiger partial charge is 0.493 e. The molecule has 0 atom stereocenters. The van der Waals surface area contributed by atoms with Crippen LogP contribution in [0.15, 0.2) is 59.9 Å². The van der Waals surface area contributed by atoms with Crippen LogP contribution in [-0.2, 0) is 4.74 Å². The fourth-order valence-corrected chi connectivity index (χ4v) is 1.65. The molecule has 0 spiro atoms. The van der Waals surface area contributed by atoms with Crippen LogP contribution in [0.1, 0.15) is 39.5 Å². The third kappa shape index (κ3) is 6.29. The van der Waals surface area contributed by atoms with E-state index in [1.165, 1.54) is 5.57 Å². The van der Waals surface area contributed by atoms with Crippen molar-refractivity contribution in [2.24, 2.45) is 0 Å². The lowest BCUT2D eigenvalue weighted by Gasteiger charge is -2.09. The van der Waals surface area contributed by atoms with Crippen LogP contribution in [0.4, 0.5) is 0 Å². The second-order valence-corrected chi connectivity index (χ2v) is 4.60. The van der Waals surface area contributed by atoms with Crippen molar-refractivity contribution >= 4 is 0 Å². The molecule has 1 nitrogen and oxygen atoms in total. The van der Waals surface area contributed by atoms with E-state index in [1.54, 1.807) is 0 Å². The van der Waals surface area contributed by atoms with Gasteiger partial charge < -0.3 is 4.74 Å². The molecule has 1 aliphatic rings. The van der Waals surface area contributed by atoms with Gasteiger partial charge in [0.05, 0.1) is 0 Å². The van der Waals surface area contributed by atoms with E-state index in [1.807, 2.05) is 12.2 Å². The molecule has 0 aromatic carbocycles. The Bertz CT molecular complexity index is 378. The summed E-state index contributed by atoms with van der Waals surface area (Å²) in [6.07, 6.45) is 16.8. The molecular weight excluding hydrogens is 220 g/mol. The van der Waals surface area contributed by atoms with Gasteiger partial charge in [-0.05, 0) is 37.8 Å². The van der Waals surface area contributed by atoms with E-state index >= 15 is 0 Å². The molecule has 0 unspecified atom stereocenters. The van der Waals surface area contributed by atoms with Gasteiger partial charge in [0.1, 0.15) is 12.4 Å². The lowest BCUT2D eigenvalue weighted by Crippen LogP contribution is -1.97. The molecule has 0 radical (unpaired) electrons. The third-order valence-corrected chi connectivity index (χ3v) is 2.80. The van der Waals surface area contributed by atoms with Crippen LogP contribution in [0.5, 0.6) is 0 Å². The Kier molecular flexibility index (Phi) is 6.93. The summed E-state index contributed by atoms with van der Waals surface area (Å²) in [6.45, 7) is 8.94. The minimum absolute atomic E-state index is 0.631. The molecule has 0 fully saturated rings. The van der Waals surface area contributed by atoms with E-state index in [-0.39, 0.29) is 0 Å². The van der Waals surface area contributed by atoms with E-state index in [0.29, 0.717) is 6.61 Å². The van der Waals surface area contributed by atoms with Crippen molar-refractivity contribution in [3.8, 4) is 0 Å². The van der Waals surface area contributed by atoms with Gasteiger partial charge in [0.25, 0.3) is 0 Å². The van der Waals surface area contributed by atoms with E-state index in [2.05, 4.69) is 44.7 Å². The molecule has 1 aliphatic carbocycles. The van der Waals surface area contributed by atoms with Gasteiger partial charge in [0, 0.05) is 6.42 Å². The number of allylic oxidation sites excluding steroid dienone is 7. The van der Waals surface area contributed by atoms with Crippen molar-refractivity contribution in [3.63, 3.8) is 0 Å². The Hall–Kier alpha value is -1.50. The number of hydrogen-bond donors (Lipinski definition) is 0. The smallest absolute Gasteiger partial charge is 0.109 e. The lowest BCUT2D eigenvalue weighted by molar-refractivity contribution is 0.232. The van der Waals surface area contributed by atoms with Gasteiger partial charge in [-0.25, -0.2) is 0 Å². The summed E-state index contributed by atoms with van der Waals surface area (Å²) in [5.41, 5.74) is 2.44. The maximum atomic E-state index is 5.77. The first kappa shape index (κ1) is 14.6. The summed E-state index contributed by atoms with van der Waals surface area (Å²) in [6, 6.07) is 0. The summed E-state index contributed by atoms with van der Waals surface area (Å²) in [4.78, 5) is 0. The molecule has 1 rings (SSSR count). The average molecular weight is 244 g/mol. The molecule has 0 saturated carbocycles. The molecule has 0 aliphatic heterocycles. The van der Waals surface area contributed by atoms with Gasteiger partial charge in [0.2, 0.25) is 0 Å². The topological polar surface area (TPSA) is 9.23 Å². The van der Waals surface area contributed by atoms with Crippen molar-refractivity contribution in [2.75, 3.05) is 6.61 Å². The average Bonchev–Trinajstić information content (AvgIpc) is 2.57. The maximum Gasteiger partial charge on any atom is 0.109 e. The maximum absolute atomic E-state index is 5.77. The summed E-state index contributed by atoms with van der Waals surface area (Å²) in [5, 5.41) is 0. The third-order valence-electron chi connectivity index (χ3n) is 2.80. The number of rotatable bonds is 7. The predicted molar refractivity (Wildman–Crippen MR) is 79.4 cm³/mol. The molecule has 98 valence electrons. The Labute approximate surface area is 111 Å². The quantitative estimate of drug-likeness (QED) is 0.566. The molecule has 0 aromatic rings. The van der Waals surface area contributed by atoms with Crippen LogP contribution in [-0.4, -0.2) is 6.61 Å². The summed E-state index contributed by atoms with van der Waals surface area (Å²) >= 11 is 0. The van der Waals surface area contributed by atoms with Crippen LogP contribution in [0.2, 0.25) is 0 Å². The second kappa shape index (κ2) is 8.57. The second-order valence-electron chi connectivity index (χ2n) is 4.60. The van der Waals surface area contributed by atoms with E-state index < -0.39 is 0 Å². The molecule has 0 bridgehead atoms. The Balaban J connectivity index is 2.24. The van der Waals surface area contributed by atoms with Gasteiger partial charge in [-0.2, -0.15) is 0 Å². The Morgan fingerprint density at radius 1 is 1.44 bits per heavy atom. The zero-order chi connectivity index (χ0) is 13.2. The molecule has 0 saturated heterocycles. The molecule has 0 aromatic heterocycles. The van der Waals surface area contributed by atoms with Gasteiger partial charge in [-0.1, -0.05) is 49.5 Å². The zero-order valence-corrected chi connectivity index (χ0v) is 11.6. The van der Waals surface area contributed by atoms with Crippen molar-refractivity contribution in [1.29, 1.82) is 0 Å². The van der Waals surface area contributed by atoms with Crippen molar-refractivity contribution < 1.29 is 4.74 Å². The van der Waals surface area contributed by atoms with Crippen LogP contribution in [0, 0.1) is 0 Å². The van der Waals surface area contributed by atoms with Gasteiger partial charge in [-0.3, -0.25) is 0 Å². The van der Waals surface area contributed by atoms with E-state index in [4.69, 9.17) is 4.74 Å². The van der Waals surface area contributed by atoms with Gasteiger partial charge in [0.15, 0.2) is 0 Å². The molecule has 0 N–H and O–H groups in total. The first-order valence-electron chi connectivity index (χ1n) is 6.70. The van der Waals surface area contributed by atoms with E-state index in [9.17, 15) is 0 Å². The fourth-order valence-electron chi connectivity index (χ4n) is 1.65.